The zero-order valence-electron chi connectivity index (χ0n) is 10.2. The van der Waals surface area contributed by atoms with Crippen LogP contribution in [-0.4, -0.2) is 15.8 Å². The van der Waals surface area contributed by atoms with Crippen LogP contribution in [0.4, 0.5) is 10.1 Å². The summed E-state index contributed by atoms with van der Waals surface area (Å²) in [6.45, 7) is 0. The number of hydrogen-bond acceptors (Lipinski definition) is 6. The third-order valence-corrected chi connectivity index (χ3v) is 4.77. The summed E-state index contributed by atoms with van der Waals surface area (Å²) in [5.74, 6) is -0.418. The molecule has 0 atom stereocenters. The van der Waals surface area contributed by atoms with Gasteiger partial charge < -0.3 is 0 Å². The van der Waals surface area contributed by atoms with Crippen LogP contribution >= 0.6 is 34.3 Å². The number of carbonyl (C=O) groups excluding carboxylic acids is 1. The number of nitrogens with one attached hydrogen (secondary N) is 1. The average molecular weight is 340 g/mol. The molecule has 0 bridgehead atoms. The summed E-state index contributed by atoms with van der Waals surface area (Å²) in [7, 11) is 0. The van der Waals surface area contributed by atoms with Crippen LogP contribution in [0.3, 0.4) is 0 Å². The van der Waals surface area contributed by atoms with Gasteiger partial charge in [0.25, 0.3) is 5.91 Å². The Balaban J connectivity index is 1.83. The number of benzene rings is 1. The summed E-state index contributed by atoms with van der Waals surface area (Å²) in [5, 5.41) is 14.2. The molecule has 0 aliphatic rings. The molecule has 0 aliphatic carbocycles. The fraction of sp³-hybridized carbons (Fsp3) is 0. The smallest absolute Gasteiger partial charge is 0.297 e. The van der Waals surface area contributed by atoms with Crippen molar-refractivity contribution in [3.8, 4) is 0 Å². The van der Waals surface area contributed by atoms with Crippen molar-refractivity contribution in [3.63, 3.8) is 0 Å². The number of carbonyl (C=O) groups is 1. The van der Waals surface area contributed by atoms with Gasteiger partial charge in [-0.3, -0.25) is 20.2 Å². The molecule has 9 heteroatoms. The first-order valence-corrected chi connectivity index (χ1v) is 7.66. The van der Waals surface area contributed by atoms with Gasteiger partial charge in [-0.15, -0.1) is 0 Å². The Morgan fingerprint density at radius 1 is 1.29 bits per heavy atom. The van der Waals surface area contributed by atoms with Crippen molar-refractivity contribution in [1.29, 1.82) is 0 Å². The van der Waals surface area contributed by atoms with E-state index in [-0.39, 0.29) is 9.88 Å². The Morgan fingerprint density at radius 2 is 2.10 bits per heavy atom. The SMILES string of the molecule is O=C(Nc1nc2ccc(Cl)cc2s1)c1ccc([N+](=O)[O-])s1. The number of halogens is 1. The van der Waals surface area contributed by atoms with E-state index in [2.05, 4.69) is 10.3 Å². The number of hydrogen-bond donors (Lipinski definition) is 1. The molecule has 0 saturated carbocycles. The first kappa shape index (κ1) is 13.9. The summed E-state index contributed by atoms with van der Waals surface area (Å²) in [6, 6.07) is 7.97. The molecule has 1 N–H and O–H groups in total. The molecule has 0 saturated heterocycles. The van der Waals surface area contributed by atoms with Gasteiger partial charge >= 0.3 is 5.00 Å². The Morgan fingerprint density at radius 3 is 2.81 bits per heavy atom. The van der Waals surface area contributed by atoms with E-state index < -0.39 is 10.8 Å². The highest BCUT2D eigenvalue weighted by Crippen LogP contribution is 2.29. The van der Waals surface area contributed by atoms with Gasteiger partial charge in [-0.2, -0.15) is 0 Å². The second-order valence-electron chi connectivity index (χ2n) is 3.98. The molecule has 21 heavy (non-hydrogen) atoms. The second kappa shape index (κ2) is 5.40. The fourth-order valence-electron chi connectivity index (χ4n) is 1.66. The van der Waals surface area contributed by atoms with Crippen molar-refractivity contribution in [2.24, 2.45) is 0 Å². The first-order chi connectivity index (χ1) is 10.0. The highest BCUT2D eigenvalue weighted by Gasteiger charge is 2.16. The largest absolute Gasteiger partial charge is 0.324 e. The Kier molecular flexibility index (Phi) is 3.58. The number of fused-ring (bicyclic) bond motifs is 1. The third kappa shape index (κ3) is 2.87. The van der Waals surface area contributed by atoms with Crippen LogP contribution in [0.5, 0.6) is 0 Å². The van der Waals surface area contributed by atoms with Crippen molar-refractivity contribution in [2.45, 2.75) is 0 Å². The Hall–Kier alpha value is -2.03. The van der Waals surface area contributed by atoms with E-state index in [1.807, 2.05) is 0 Å². The zero-order chi connectivity index (χ0) is 15.0. The molecule has 2 heterocycles. The number of aromatic nitrogens is 1. The van der Waals surface area contributed by atoms with Crippen molar-refractivity contribution in [1.82, 2.24) is 4.98 Å². The average Bonchev–Trinajstić information content (AvgIpc) is 3.03. The van der Waals surface area contributed by atoms with Crippen LogP contribution < -0.4 is 5.32 Å². The summed E-state index contributed by atoms with van der Waals surface area (Å²) in [4.78, 5) is 26.6. The lowest BCUT2D eigenvalue weighted by Gasteiger charge is -1.96. The monoisotopic (exact) mass is 339 g/mol. The van der Waals surface area contributed by atoms with E-state index in [4.69, 9.17) is 11.6 Å². The third-order valence-electron chi connectivity index (χ3n) is 2.57. The molecule has 0 spiro atoms. The lowest BCUT2D eigenvalue weighted by atomic mass is 10.3. The molecule has 0 radical (unpaired) electrons. The van der Waals surface area contributed by atoms with Crippen molar-refractivity contribution < 1.29 is 9.72 Å². The van der Waals surface area contributed by atoms with Crippen LogP contribution in [0.2, 0.25) is 5.02 Å². The molecular weight excluding hydrogens is 334 g/mol. The highest BCUT2D eigenvalue weighted by molar-refractivity contribution is 7.22. The molecule has 0 fully saturated rings. The van der Waals surface area contributed by atoms with E-state index in [0.29, 0.717) is 10.2 Å². The molecule has 0 unspecified atom stereocenters. The number of rotatable bonds is 3. The van der Waals surface area contributed by atoms with Gasteiger partial charge in [-0.05, 0) is 24.3 Å². The normalized spacial score (nSPS) is 10.7. The zero-order valence-corrected chi connectivity index (χ0v) is 12.6. The van der Waals surface area contributed by atoms with Crippen LogP contribution in [-0.2, 0) is 0 Å². The molecule has 106 valence electrons. The van der Waals surface area contributed by atoms with Crippen LogP contribution in [0.15, 0.2) is 30.3 Å². The number of thiophene rings is 1. The second-order valence-corrected chi connectivity index (χ2v) is 6.51. The predicted octanol–water partition coefficient (Wildman–Crippen LogP) is 4.17. The van der Waals surface area contributed by atoms with Crippen molar-refractivity contribution in [3.05, 3.63) is 50.3 Å². The number of thiazole rings is 1. The molecule has 6 nitrogen and oxygen atoms in total. The van der Waals surface area contributed by atoms with E-state index in [9.17, 15) is 14.9 Å². The van der Waals surface area contributed by atoms with Gasteiger partial charge in [0.05, 0.1) is 20.0 Å². The number of amides is 1. The van der Waals surface area contributed by atoms with Gasteiger partial charge in [-0.25, -0.2) is 4.98 Å². The lowest BCUT2D eigenvalue weighted by molar-refractivity contribution is -0.380. The maximum absolute atomic E-state index is 12.0. The minimum absolute atomic E-state index is 0.0729. The standard InChI is InChI=1S/C12H6ClN3O3S2/c13-6-1-2-7-9(5-6)21-12(14-7)15-11(17)8-3-4-10(20-8)16(18)19/h1-5H,(H,14,15,17). The Labute approximate surface area is 131 Å². The van der Waals surface area contributed by atoms with Crippen LogP contribution in [0, 0.1) is 10.1 Å². The molecule has 0 aliphatic heterocycles. The molecule has 3 rings (SSSR count). The van der Waals surface area contributed by atoms with Crippen molar-refractivity contribution >= 4 is 60.5 Å². The summed E-state index contributed by atoms with van der Waals surface area (Å²) in [6.07, 6.45) is 0. The van der Waals surface area contributed by atoms with Crippen LogP contribution in [0.1, 0.15) is 9.67 Å². The topological polar surface area (TPSA) is 85.1 Å². The van der Waals surface area contributed by atoms with Gasteiger partial charge in [0.15, 0.2) is 5.13 Å². The summed E-state index contributed by atoms with van der Waals surface area (Å²) < 4.78 is 0.856. The molecule has 3 aromatic rings. The summed E-state index contributed by atoms with van der Waals surface area (Å²) >= 11 is 8.00. The quantitative estimate of drug-likeness (QED) is 0.573. The highest BCUT2D eigenvalue weighted by atomic mass is 35.5. The minimum atomic E-state index is -0.527. The number of nitrogens with zero attached hydrogens (tertiary/aromatic N) is 2. The fourth-order valence-corrected chi connectivity index (χ4v) is 3.51. The van der Waals surface area contributed by atoms with Crippen LogP contribution in [0.25, 0.3) is 10.2 Å². The molecule has 2 aromatic heterocycles. The number of anilines is 1. The van der Waals surface area contributed by atoms with E-state index in [0.717, 1.165) is 21.6 Å². The van der Waals surface area contributed by atoms with Gasteiger partial charge in [0, 0.05) is 11.1 Å². The maximum Gasteiger partial charge on any atom is 0.324 e. The van der Waals surface area contributed by atoms with Gasteiger partial charge in [0.2, 0.25) is 0 Å². The van der Waals surface area contributed by atoms with Gasteiger partial charge in [0.1, 0.15) is 0 Å². The van der Waals surface area contributed by atoms with Gasteiger partial charge in [-0.1, -0.05) is 34.3 Å². The Bertz CT molecular complexity index is 858. The summed E-state index contributed by atoms with van der Waals surface area (Å²) in [5.41, 5.74) is 0.733. The van der Waals surface area contributed by atoms with E-state index in [1.54, 1.807) is 18.2 Å². The molecular formula is C12H6ClN3O3S2. The lowest BCUT2D eigenvalue weighted by Crippen LogP contribution is -2.09. The minimum Gasteiger partial charge on any atom is -0.297 e. The number of nitro groups is 1. The first-order valence-electron chi connectivity index (χ1n) is 5.64. The molecule has 1 aromatic carbocycles. The van der Waals surface area contributed by atoms with E-state index >= 15 is 0 Å². The predicted molar refractivity (Wildman–Crippen MR) is 83.6 cm³/mol. The molecule has 1 amide bonds. The van der Waals surface area contributed by atoms with E-state index in [1.165, 1.54) is 23.5 Å². The maximum atomic E-state index is 12.0. The van der Waals surface area contributed by atoms with Crippen molar-refractivity contribution in [2.75, 3.05) is 5.32 Å².